The van der Waals surface area contributed by atoms with Crippen molar-refractivity contribution in [1.29, 1.82) is 0 Å². The molecule has 5 nitrogen and oxygen atoms in total. The topological polar surface area (TPSA) is 58.2 Å². The third kappa shape index (κ3) is 3.46. The molecule has 1 unspecified atom stereocenters. The Labute approximate surface area is 187 Å². The number of H-pyrrole nitrogens is 1. The van der Waals surface area contributed by atoms with Gasteiger partial charge in [-0.1, -0.05) is 59.7 Å². The van der Waals surface area contributed by atoms with Gasteiger partial charge in [0.1, 0.15) is 11.4 Å². The van der Waals surface area contributed by atoms with Crippen LogP contribution < -0.4 is 4.74 Å². The zero-order chi connectivity index (χ0) is 22.2. The second-order valence-corrected chi connectivity index (χ2v) is 8.32. The maximum atomic E-state index is 13.5. The van der Waals surface area contributed by atoms with Crippen LogP contribution in [0.2, 0.25) is 0 Å². The molecule has 0 saturated heterocycles. The standard InChI is InChI=1S/C27H25N3O2/c1-17-4-8-19(9-5-17)16-30-26(21-10-6-18(2)7-11-21)23-24(28-29-25(23)27(30)31)20-12-14-22(32-3)15-13-20/h4-15,26H,16H2,1-3H3,(H,28,29). The molecule has 3 aromatic carbocycles. The van der Waals surface area contributed by atoms with E-state index < -0.39 is 0 Å². The molecule has 1 aliphatic rings. The average molecular weight is 424 g/mol. The van der Waals surface area contributed by atoms with Crippen LogP contribution in [-0.2, 0) is 6.54 Å². The summed E-state index contributed by atoms with van der Waals surface area (Å²) in [6, 6.07) is 24.3. The van der Waals surface area contributed by atoms with Crippen LogP contribution in [0.5, 0.6) is 5.75 Å². The Morgan fingerprint density at radius 1 is 0.906 bits per heavy atom. The number of ether oxygens (including phenoxy) is 1. The van der Waals surface area contributed by atoms with Gasteiger partial charge in [-0.15, -0.1) is 0 Å². The highest BCUT2D eigenvalue weighted by Gasteiger charge is 2.42. The van der Waals surface area contributed by atoms with Gasteiger partial charge in [-0.05, 0) is 49.2 Å². The number of hydrogen-bond donors (Lipinski definition) is 1. The number of carbonyl (C=O) groups excluding carboxylic acids is 1. The lowest BCUT2D eigenvalue weighted by Gasteiger charge is -2.26. The number of amides is 1. The Kier molecular flexibility index (Phi) is 5.02. The van der Waals surface area contributed by atoms with E-state index >= 15 is 0 Å². The summed E-state index contributed by atoms with van der Waals surface area (Å²) >= 11 is 0. The lowest BCUT2D eigenvalue weighted by molar-refractivity contribution is 0.0730. The number of nitrogens with one attached hydrogen (secondary N) is 1. The van der Waals surface area contributed by atoms with E-state index in [1.165, 1.54) is 11.1 Å². The number of aromatic nitrogens is 2. The molecule has 5 heteroatoms. The summed E-state index contributed by atoms with van der Waals surface area (Å²) in [6.45, 7) is 4.67. The summed E-state index contributed by atoms with van der Waals surface area (Å²) in [5, 5.41) is 7.57. The van der Waals surface area contributed by atoms with Gasteiger partial charge < -0.3 is 9.64 Å². The van der Waals surface area contributed by atoms with E-state index in [0.717, 1.165) is 33.7 Å². The van der Waals surface area contributed by atoms with E-state index in [4.69, 9.17) is 4.74 Å². The molecule has 1 aromatic heterocycles. The van der Waals surface area contributed by atoms with Gasteiger partial charge in [-0.2, -0.15) is 5.10 Å². The quantitative estimate of drug-likeness (QED) is 0.464. The number of aryl methyl sites for hydroxylation is 2. The van der Waals surface area contributed by atoms with Crippen LogP contribution in [0.4, 0.5) is 0 Å². The number of aromatic amines is 1. The van der Waals surface area contributed by atoms with Gasteiger partial charge in [-0.3, -0.25) is 9.89 Å². The molecule has 0 spiro atoms. The summed E-state index contributed by atoms with van der Waals surface area (Å²) in [6.07, 6.45) is 0. The number of carbonyl (C=O) groups is 1. The van der Waals surface area contributed by atoms with Crippen molar-refractivity contribution < 1.29 is 9.53 Å². The minimum absolute atomic E-state index is 0.0292. The smallest absolute Gasteiger partial charge is 0.273 e. The van der Waals surface area contributed by atoms with E-state index in [1.54, 1.807) is 7.11 Å². The highest BCUT2D eigenvalue weighted by atomic mass is 16.5. The summed E-state index contributed by atoms with van der Waals surface area (Å²) in [5.74, 6) is 0.756. The summed E-state index contributed by atoms with van der Waals surface area (Å²) in [4.78, 5) is 15.4. The molecule has 2 heterocycles. The van der Waals surface area contributed by atoms with Crippen LogP contribution in [0.1, 0.15) is 44.3 Å². The predicted molar refractivity (Wildman–Crippen MR) is 125 cm³/mol. The Morgan fingerprint density at radius 3 is 2.16 bits per heavy atom. The van der Waals surface area contributed by atoms with Gasteiger partial charge in [0.05, 0.1) is 18.8 Å². The minimum Gasteiger partial charge on any atom is -0.497 e. The van der Waals surface area contributed by atoms with Gasteiger partial charge in [0.25, 0.3) is 5.91 Å². The van der Waals surface area contributed by atoms with Gasteiger partial charge in [0.2, 0.25) is 0 Å². The summed E-state index contributed by atoms with van der Waals surface area (Å²) < 4.78 is 5.30. The Hall–Kier alpha value is -3.86. The SMILES string of the molecule is COc1ccc(-c2n[nH]c3c2C(c2ccc(C)cc2)N(Cc2ccc(C)cc2)C3=O)cc1. The molecule has 1 amide bonds. The normalized spacial score (nSPS) is 15.2. The molecule has 4 aromatic rings. The molecule has 0 fully saturated rings. The second kappa shape index (κ2) is 8.00. The molecule has 0 saturated carbocycles. The Balaban J connectivity index is 1.61. The van der Waals surface area contributed by atoms with Crippen molar-refractivity contribution >= 4 is 5.91 Å². The van der Waals surface area contributed by atoms with Crippen molar-refractivity contribution in [2.24, 2.45) is 0 Å². The first-order valence-corrected chi connectivity index (χ1v) is 10.7. The average Bonchev–Trinajstić information content (AvgIpc) is 3.35. The molecule has 0 bridgehead atoms. The van der Waals surface area contributed by atoms with Crippen molar-refractivity contribution in [2.45, 2.75) is 26.4 Å². The van der Waals surface area contributed by atoms with Crippen LogP contribution in [0.25, 0.3) is 11.3 Å². The van der Waals surface area contributed by atoms with E-state index in [-0.39, 0.29) is 11.9 Å². The maximum absolute atomic E-state index is 13.5. The van der Waals surface area contributed by atoms with E-state index in [9.17, 15) is 4.79 Å². The number of nitrogens with zero attached hydrogens (tertiary/aromatic N) is 2. The van der Waals surface area contributed by atoms with Crippen molar-refractivity contribution in [3.05, 3.63) is 106 Å². The second-order valence-electron chi connectivity index (χ2n) is 8.32. The van der Waals surface area contributed by atoms with E-state index in [1.807, 2.05) is 29.2 Å². The molecule has 5 rings (SSSR count). The van der Waals surface area contributed by atoms with Gasteiger partial charge in [0, 0.05) is 17.7 Å². The Bertz CT molecular complexity index is 1260. The number of methoxy groups -OCH3 is 1. The van der Waals surface area contributed by atoms with Crippen molar-refractivity contribution in [3.8, 4) is 17.0 Å². The third-order valence-electron chi connectivity index (χ3n) is 6.09. The fourth-order valence-electron chi connectivity index (χ4n) is 4.31. The fourth-order valence-corrected chi connectivity index (χ4v) is 4.31. The van der Waals surface area contributed by atoms with Gasteiger partial charge in [0.15, 0.2) is 0 Å². The fraction of sp³-hybridized carbons (Fsp3) is 0.185. The highest BCUT2D eigenvalue weighted by Crippen LogP contribution is 2.43. The minimum atomic E-state index is -0.213. The lowest BCUT2D eigenvalue weighted by atomic mass is 9.95. The molecule has 32 heavy (non-hydrogen) atoms. The first-order valence-electron chi connectivity index (χ1n) is 10.7. The first-order chi connectivity index (χ1) is 15.5. The Morgan fingerprint density at radius 2 is 1.53 bits per heavy atom. The third-order valence-corrected chi connectivity index (χ3v) is 6.09. The van der Waals surface area contributed by atoms with Crippen LogP contribution in [0.3, 0.4) is 0 Å². The summed E-state index contributed by atoms with van der Waals surface area (Å²) in [5.41, 5.74) is 7.80. The van der Waals surface area contributed by atoms with Crippen LogP contribution in [0.15, 0.2) is 72.8 Å². The monoisotopic (exact) mass is 423 g/mol. The largest absolute Gasteiger partial charge is 0.497 e. The number of rotatable bonds is 5. The number of fused-ring (bicyclic) bond motifs is 1. The zero-order valence-corrected chi connectivity index (χ0v) is 18.4. The van der Waals surface area contributed by atoms with E-state index in [2.05, 4.69) is 72.6 Å². The number of hydrogen-bond acceptors (Lipinski definition) is 3. The molecule has 1 atom stereocenters. The van der Waals surface area contributed by atoms with Crippen molar-refractivity contribution in [3.63, 3.8) is 0 Å². The van der Waals surface area contributed by atoms with Crippen molar-refractivity contribution in [1.82, 2.24) is 15.1 Å². The molecule has 0 radical (unpaired) electrons. The molecular weight excluding hydrogens is 398 g/mol. The highest BCUT2D eigenvalue weighted by molar-refractivity contribution is 6.00. The lowest BCUT2D eigenvalue weighted by Crippen LogP contribution is -2.29. The van der Waals surface area contributed by atoms with Crippen LogP contribution >= 0.6 is 0 Å². The van der Waals surface area contributed by atoms with Crippen molar-refractivity contribution in [2.75, 3.05) is 7.11 Å². The maximum Gasteiger partial charge on any atom is 0.273 e. The van der Waals surface area contributed by atoms with Gasteiger partial charge in [-0.25, -0.2) is 0 Å². The van der Waals surface area contributed by atoms with Gasteiger partial charge >= 0.3 is 0 Å². The molecule has 1 N–H and O–H groups in total. The molecule has 0 aliphatic carbocycles. The molecule has 160 valence electrons. The predicted octanol–water partition coefficient (Wildman–Crippen LogP) is 5.45. The van der Waals surface area contributed by atoms with Crippen LogP contribution in [-0.4, -0.2) is 28.1 Å². The number of benzene rings is 3. The first kappa shape index (κ1) is 20.1. The molecular formula is C27H25N3O2. The summed E-state index contributed by atoms with van der Waals surface area (Å²) in [7, 11) is 1.65. The van der Waals surface area contributed by atoms with E-state index in [0.29, 0.717) is 12.2 Å². The van der Waals surface area contributed by atoms with Crippen LogP contribution in [0, 0.1) is 13.8 Å². The zero-order valence-electron chi connectivity index (χ0n) is 18.4. The molecule has 1 aliphatic heterocycles.